The number of rotatable bonds is 11. The number of hydrogen-bond acceptors (Lipinski definition) is 2. The van der Waals surface area contributed by atoms with Crippen LogP contribution in [0.2, 0.25) is 0 Å². The predicted octanol–water partition coefficient (Wildman–Crippen LogP) is 26.3. The molecule has 0 saturated heterocycles. The van der Waals surface area contributed by atoms with Crippen molar-refractivity contribution in [3.63, 3.8) is 0 Å². The minimum atomic E-state index is -0.606. The highest BCUT2D eigenvalue weighted by molar-refractivity contribution is 5.99. The van der Waals surface area contributed by atoms with Crippen LogP contribution in [0.25, 0.3) is 66.8 Å². The third-order valence-electron chi connectivity index (χ3n) is 24.5. The molecule has 0 fully saturated rings. The van der Waals surface area contributed by atoms with Gasteiger partial charge in [0.25, 0.3) is 0 Å². The smallest absolute Gasteiger partial charge is 0.0725 e. The van der Waals surface area contributed by atoms with Crippen LogP contribution in [0.4, 0.5) is 34.1 Å². The quantitative estimate of drug-likeness (QED) is 0.127. The van der Waals surface area contributed by atoms with Crippen molar-refractivity contribution in [2.24, 2.45) is 0 Å². The third-order valence-corrected chi connectivity index (χ3v) is 24.5. The Balaban J connectivity index is 0.732. The Morgan fingerprint density at radius 3 is 0.953 bits per heavy atom. The first kappa shape index (κ1) is 61.8. The van der Waals surface area contributed by atoms with Gasteiger partial charge < -0.3 is 9.80 Å². The minimum Gasteiger partial charge on any atom is -0.310 e. The number of hydrogen-bond donors (Lipinski definition) is 0. The zero-order valence-electron chi connectivity index (χ0n) is 59.7. The van der Waals surface area contributed by atoms with Crippen molar-refractivity contribution in [3.8, 4) is 66.8 Å². The Bertz CT molecular complexity index is 5930. The second-order valence-electron chi connectivity index (χ2n) is 30.3. The average molecular weight is 1350 g/mol. The third kappa shape index (κ3) is 8.55. The molecule has 5 aliphatic rings. The van der Waals surface area contributed by atoms with E-state index in [-0.39, 0.29) is 5.41 Å². The van der Waals surface area contributed by atoms with Crippen molar-refractivity contribution in [1.29, 1.82) is 0 Å². The second kappa shape index (κ2) is 23.3. The van der Waals surface area contributed by atoms with Crippen LogP contribution in [-0.2, 0) is 21.7 Å². The van der Waals surface area contributed by atoms with Crippen LogP contribution in [0.1, 0.15) is 103 Å². The van der Waals surface area contributed by atoms with E-state index in [1.807, 2.05) is 0 Å². The highest BCUT2D eigenvalue weighted by atomic mass is 15.2. The van der Waals surface area contributed by atoms with Crippen molar-refractivity contribution in [1.82, 2.24) is 0 Å². The Kier molecular flexibility index (Phi) is 13.6. The SMILES string of the molecule is Cc1ccc2c(c1)C(c1ccccc1)(c1ccccc1)c1cc(N(c3ccc(-c4ccc(N(c5ccc6c(c5)-c5ccccc5C65c6ccccc6-c6ccccc65)c5cccc6c5C(C)(C)c5ccccc5-6)cc4)cc3)c3ccc4c(c3)C(c3ccccc3)(c3ccccc3)c3cc(C)ccc3-4)ccc1-2. The first-order valence-corrected chi connectivity index (χ1v) is 37.4. The normalized spacial score (nSPS) is 14.5. The van der Waals surface area contributed by atoms with Gasteiger partial charge in [-0.05, 0) is 225 Å². The summed E-state index contributed by atoms with van der Waals surface area (Å²) in [5.74, 6) is 0. The first-order chi connectivity index (χ1) is 52.1. The number of nitrogens with zero attached hydrogens (tertiary/aromatic N) is 2. The topological polar surface area (TPSA) is 6.48 Å². The lowest BCUT2D eigenvalue weighted by Crippen LogP contribution is -2.29. The molecule has 16 aromatic carbocycles. The number of benzene rings is 16. The second-order valence-corrected chi connectivity index (χ2v) is 30.3. The monoisotopic (exact) mass is 1350 g/mol. The van der Waals surface area contributed by atoms with Crippen LogP contribution < -0.4 is 9.80 Å². The van der Waals surface area contributed by atoms with Gasteiger partial charge in [0.05, 0.1) is 21.9 Å². The van der Waals surface area contributed by atoms with Crippen LogP contribution in [-0.4, -0.2) is 0 Å². The van der Waals surface area contributed by atoms with E-state index in [0.29, 0.717) is 0 Å². The molecule has 0 radical (unpaired) electrons. The molecule has 0 aliphatic heterocycles. The molecule has 16 aromatic rings. The maximum absolute atomic E-state index is 2.54. The molecule has 0 atom stereocenters. The molecule has 1 spiro atoms. The summed E-state index contributed by atoms with van der Waals surface area (Å²) in [5, 5.41) is 0. The fourth-order valence-corrected chi connectivity index (χ4v) is 20.2. The maximum Gasteiger partial charge on any atom is 0.0725 e. The Morgan fingerprint density at radius 1 is 0.198 bits per heavy atom. The summed E-state index contributed by atoms with van der Waals surface area (Å²) >= 11 is 0. The first-order valence-electron chi connectivity index (χ1n) is 37.4. The van der Waals surface area contributed by atoms with E-state index in [1.165, 1.54) is 150 Å². The van der Waals surface area contributed by atoms with E-state index in [9.17, 15) is 0 Å². The summed E-state index contributed by atoms with van der Waals surface area (Å²) in [5.41, 5.74) is 40.4. The van der Waals surface area contributed by atoms with E-state index in [4.69, 9.17) is 0 Å². The molecule has 0 bridgehead atoms. The molecule has 21 rings (SSSR count). The summed E-state index contributed by atoms with van der Waals surface area (Å²) in [6.45, 7) is 9.28. The van der Waals surface area contributed by atoms with Crippen molar-refractivity contribution in [2.45, 2.75) is 49.4 Å². The van der Waals surface area contributed by atoms with E-state index in [1.54, 1.807) is 0 Å². The Labute approximate surface area is 621 Å². The zero-order valence-corrected chi connectivity index (χ0v) is 59.7. The molecule has 0 heterocycles. The lowest BCUT2D eigenvalue weighted by molar-refractivity contribution is 0.661. The standard InChI is InChI=1S/C104H74N2/c1-67-44-57-84-86-59-54-78(65-97(86)102(95(84)62-67,71-26-9-5-10-27-71)72-28-11-6-12-29-72)105(79-55-60-87-85-58-45-68(2)63-96(85)103(98(87)66-79,73-30-13-7-14-31-73)74-32-15-8-16-33-74)75-50-46-69(47-51-75)70-48-52-76(53-49-70)106(99-43-25-38-88-82-36-17-21-39-90(82)101(3,4)100(88)99)77-56-61-94-89(64-77)83-37-20-24-42-93(83)104(94)91-40-22-18-34-80(91)81-35-19-23-41-92(81)104/h5-66H,1-4H3. The molecule has 0 saturated carbocycles. The van der Waals surface area contributed by atoms with Crippen molar-refractivity contribution < 1.29 is 0 Å². The van der Waals surface area contributed by atoms with Gasteiger partial charge in [-0.2, -0.15) is 0 Å². The summed E-state index contributed by atoms with van der Waals surface area (Å²) < 4.78 is 0. The van der Waals surface area contributed by atoms with Gasteiger partial charge in [-0.15, -0.1) is 0 Å². The molecule has 106 heavy (non-hydrogen) atoms. The van der Waals surface area contributed by atoms with Crippen molar-refractivity contribution in [2.75, 3.05) is 9.80 Å². The van der Waals surface area contributed by atoms with Gasteiger partial charge in [0.15, 0.2) is 0 Å². The van der Waals surface area contributed by atoms with E-state index in [0.717, 1.165) is 39.6 Å². The summed E-state index contributed by atoms with van der Waals surface area (Å²) in [6.07, 6.45) is 0. The average Bonchev–Trinajstić information content (AvgIpc) is 1.51. The molecule has 0 N–H and O–H groups in total. The number of aryl methyl sites for hydroxylation is 2. The van der Waals surface area contributed by atoms with E-state index < -0.39 is 16.2 Å². The molecular formula is C104H74N2. The largest absolute Gasteiger partial charge is 0.310 e. The molecule has 0 unspecified atom stereocenters. The van der Waals surface area contributed by atoms with Gasteiger partial charge in [0, 0.05) is 33.9 Å². The molecule has 2 nitrogen and oxygen atoms in total. The van der Waals surface area contributed by atoms with Crippen LogP contribution in [0, 0.1) is 13.8 Å². The van der Waals surface area contributed by atoms with Gasteiger partial charge in [-0.25, -0.2) is 0 Å². The summed E-state index contributed by atoms with van der Waals surface area (Å²) in [6, 6.07) is 143. The fourth-order valence-electron chi connectivity index (χ4n) is 20.2. The Morgan fingerprint density at radius 2 is 0.509 bits per heavy atom. The van der Waals surface area contributed by atoms with Crippen LogP contribution in [0.5, 0.6) is 0 Å². The maximum atomic E-state index is 2.54. The molecule has 0 aromatic heterocycles. The Hall–Kier alpha value is -12.9. The highest BCUT2D eigenvalue weighted by Gasteiger charge is 2.53. The van der Waals surface area contributed by atoms with E-state index in [2.05, 4.69) is 414 Å². The summed E-state index contributed by atoms with van der Waals surface area (Å²) in [4.78, 5) is 5.07. The van der Waals surface area contributed by atoms with Crippen molar-refractivity contribution in [3.05, 3.63) is 465 Å². The highest BCUT2D eigenvalue weighted by Crippen LogP contribution is 2.65. The molecule has 500 valence electrons. The van der Waals surface area contributed by atoms with E-state index >= 15 is 0 Å². The van der Waals surface area contributed by atoms with Crippen LogP contribution >= 0.6 is 0 Å². The predicted molar refractivity (Wildman–Crippen MR) is 439 cm³/mol. The van der Waals surface area contributed by atoms with Gasteiger partial charge in [-0.1, -0.05) is 334 Å². The fraction of sp³-hybridized carbons (Fsp3) is 0.0769. The molecule has 0 amide bonds. The zero-order chi connectivity index (χ0) is 70.6. The van der Waals surface area contributed by atoms with Crippen LogP contribution in [0.15, 0.2) is 376 Å². The molecular weight excluding hydrogens is 1280 g/mol. The van der Waals surface area contributed by atoms with Crippen molar-refractivity contribution >= 4 is 34.1 Å². The minimum absolute atomic E-state index is 0.269. The van der Waals surface area contributed by atoms with Crippen LogP contribution in [0.3, 0.4) is 0 Å². The van der Waals surface area contributed by atoms with Gasteiger partial charge >= 0.3 is 0 Å². The summed E-state index contributed by atoms with van der Waals surface area (Å²) in [7, 11) is 0. The molecule has 5 aliphatic carbocycles. The number of fused-ring (bicyclic) bond motifs is 19. The lowest BCUT2D eigenvalue weighted by Gasteiger charge is -2.36. The van der Waals surface area contributed by atoms with Gasteiger partial charge in [0.1, 0.15) is 0 Å². The van der Waals surface area contributed by atoms with Gasteiger partial charge in [-0.3, -0.25) is 0 Å². The lowest BCUT2D eigenvalue weighted by atomic mass is 9.67. The van der Waals surface area contributed by atoms with Gasteiger partial charge in [0.2, 0.25) is 0 Å². The molecule has 2 heteroatoms. The number of anilines is 6.